The van der Waals surface area contributed by atoms with Gasteiger partial charge in [-0.3, -0.25) is 4.79 Å². The second-order valence-electron chi connectivity index (χ2n) is 7.25. The molecule has 1 fully saturated rings. The molecular weight excluding hydrogens is 318 g/mol. The smallest absolute Gasteiger partial charge is 0.254 e. The van der Waals surface area contributed by atoms with E-state index in [0.717, 1.165) is 30.0 Å². The van der Waals surface area contributed by atoms with Crippen molar-refractivity contribution in [1.82, 2.24) is 29.4 Å². The minimum Gasteiger partial charge on any atom is -0.366 e. The van der Waals surface area contributed by atoms with E-state index in [2.05, 4.69) is 41.0 Å². The predicted octanol–water partition coefficient (Wildman–Crippen LogP) is 0.664. The second kappa shape index (κ2) is 6.59. The van der Waals surface area contributed by atoms with Gasteiger partial charge in [-0.2, -0.15) is 9.50 Å². The van der Waals surface area contributed by atoms with Crippen LogP contribution in [0.5, 0.6) is 0 Å². The molecular formula is C17H27N7O. The number of carbonyl (C=O) groups is 1. The number of amides is 1. The summed E-state index contributed by atoms with van der Waals surface area (Å²) in [5.41, 5.74) is 8.54. The van der Waals surface area contributed by atoms with Crippen molar-refractivity contribution in [2.24, 2.45) is 5.92 Å². The highest BCUT2D eigenvalue weighted by Gasteiger charge is 2.33. The van der Waals surface area contributed by atoms with E-state index in [4.69, 9.17) is 5.73 Å². The molecule has 0 bridgehead atoms. The van der Waals surface area contributed by atoms with E-state index in [-0.39, 0.29) is 11.9 Å². The van der Waals surface area contributed by atoms with Gasteiger partial charge in [0.05, 0.1) is 0 Å². The van der Waals surface area contributed by atoms with Crippen molar-refractivity contribution >= 4 is 17.6 Å². The number of aryl methyl sites for hydroxylation is 2. The van der Waals surface area contributed by atoms with Crippen LogP contribution in [0, 0.1) is 19.8 Å². The zero-order chi connectivity index (χ0) is 18.3. The van der Waals surface area contributed by atoms with Gasteiger partial charge in [0.15, 0.2) is 0 Å². The summed E-state index contributed by atoms with van der Waals surface area (Å²) < 4.78 is 1.65. The molecule has 0 spiro atoms. The van der Waals surface area contributed by atoms with Crippen molar-refractivity contribution in [1.29, 1.82) is 0 Å². The molecule has 1 aliphatic heterocycles. The molecule has 2 atom stereocenters. The Morgan fingerprint density at radius 2 is 2.00 bits per heavy atom. The summed E-state index contributed by atoms with van der Waals surface area (Å²) in [6, 6.07) is 0.434. The van der Waals surface area contributed by atoms with Crippen LogP contribution < -0.4 is 5.73 Å². The number of fused-ring (bicyclic) bond motifs is 1. The van der Waals surface area contributed by atoms with Gasteiger partial charge in [-0.15, -0.1) is 5.10 Å². The molecule has 2 aromatic heterocycles. The summed E-state index contributed by atoms with van der Waals surface area (Å²) in [7, 11) is 4.15. The number of aromatic nitrogens is 4. The summed E-state index contributed by atoms with van der Waals surface area (Å²) in [5.74, 6) is 1.42. The van der Waals surface area contributed by atoms with Crippen molar-refractivity contribution in [3.8, 4) is 0 Å². The van der Waals surface area contributed by atoms with Crippen LogP contribution in [0.4, 0.5) is 5.95 Å². The second-order valence-corrected chi connectivity index (χ2v) is 7.25. The molecule has 0 radical (unpaired) electrons. The molecule has 1 amide bonds. The van der Waals surface area contributed by atoms with Crippen LogP contribution in [0.3, 0.4) is 0 Å². The van der Waals surface area contributed by atoms with Crippen LogP contribution in [0.25, 0.3) is 5.78 Å². The topological polar surface area (TPSA) is 92.6 Å². The Morgan fingerprint density at radius 3 is 2.64 bits per heavy atom. The Kier molecular flexibility index (Phi) is 4.64. The lowest BCUT2D eigenvalue weighted by Crippen LogP contribution is -2.35. The third-order valence-corrected chi connectivity index (χ3v) is 5.24. The fourth-order valence-electron chi connectivity index (χ4n) is 3.80. The van der Waals surface area contributed by atoms with Crippen LogP contribution in [-0.4, -0.2) is 68.5 Å². The van der Waals surface area contributed by atoms with E-state index >= 15 is 0 Å². The molecule has 0 saturated carbocycles. The minimum atomic E-state index is 0.202. The highest BCUT2D eigenvalue weighted by atomic mass is 16.2. The number of hydrogen-bond acceptors (Lipinski definition) is 6. The molecule has 2 N–H and O–H groups in total. The number of nitrogen functional groups attached to an aromatic ring is 1. The van der Waals surface area contributed by atoms with Gasteiger partial charge in [0.2, 0.25) is 11.9 Å². The molecule has 0 aliphatic carbocycles. The lowest BCUT2D eigenvalue weighted by molar-refractivity contribution is -0.130. The van der Waals surface area contributed by atoms with Gasteiger partial charge < -0.3 is 15.5 Å². The average molecular weight is 345 g/mol. The molecule has 3 heterocycles. The first-order chi connectivity index (χ1) is 11.8. The number of anilines is 1. The van der Waals surface area contributed by atoms with Crippen molar-refractivity contribution < 1.29 is 4.79 Å². The van der Waals surface area contributed by atoms with E-state index in [1.165, 1.54) is 0 Å². The normalized spacial score (nSPS) is 20.8. The summed E-state index contributed by atoms with van der Waals surface area (Å²) >= 11 is 0. The van der Waals surface area contributed by atoms with Gasteiger partial charge in [-0.25, -0.2) is 4.98 Å². The average Bonchev–Trinajstić information content (AvgIpc) is 3.09. The largest absolute Gasteiger partial charge is 0.366 e. The Labute approximate surface area is 148 Å². The van der Waals surface area contributed by atoms with Gasteiger partial charge in [0.1, 0.15) is 0 Å². The van der Waals surface area contributed by atoms with Gasteiger partial charge in [0.25, 0.3) is 5.78 Å². The van der Waals surface area contributed by atoms with Gasteiger partial charge in [-0.05, 0) is 45.8 Å². The lowest BCUT2D eigenvalue weighted by atomic mass is 10.1. The third kappa shape index (κ3) is 3.30. The van der Waals surface area contributed by atoms with Gasteiger partial charge in [0, 0.05) is 36.9 Å². The standard InChI is InChI=1S/C17H27N7O/c1-10-8-23(9-14(10)22(4)5)15(25)7-6-13-11(2)19-17-20-16(18)21-24(17)12(13)3/h10,14H,6-9H2,1-5H3,(H2,18,21)/t10-,14+/m1/s1. The third-order valence-electron chi connectivity index (χ3n) is 5.24. The maximum Gasteiger partial charge on any atom is 0.254 e. The Bertz CT molecular complexity index is 798. The van der Waals surface area contributed by atoms with E-state index in [1.807, 2.05) is 18.7 Å². The fraction of sp³-hybridized carbons (Fsp3) is 0.647. The zero-order valence-corrected chi connectivity index (χ0v) is 15.7. The van der Waals surface area contributed by atoms with Gasteiger partial charge >= 0.3 is 0 Å². The molecule has 8 nitrogen and oxygen atoms in total. The van der Waals surface area contributed by atoms with E-state index < -0.39 is 0 Å². The molecule has 2 aromatic rings. The van der Waals surface area contributed by atoms with E-state index in [1.54, 1.807) is 4.52 Å². The van der Waals surface area contributed by atoms with Crippen LogP contribution in [0.1, 0.15) is 30.3 Å². The van der Waals surface area contributed by atoms with Crippen molar-refractivity contribution in [2.75, 3.05) is 32.9 Å². The Hall–Kier alpha value is -2.22. The molecule has 0 aromatic carbocycles. The van der Waals surface area contributed by atoms with Crippen molar-refractivity contribution in [3.05, 3.63) is 17.0 Å². The van der Waals surface area contributed by atoms with Crippen molar-refractivity contribution in [3.63, 3.8) is 0 Å². The number of carbonyl (C=O) groups excluding carboxylic acids is 1. The number of nitrogens with zero attached hydrogens (tertiary/aromatic N) is 6. The van der Waals surface area contributed by atoms with Crippen LogP contribution in [0.2, 0.25) is 0 Å². The SMILES string of the molecule is Cc1nc2nc(N)nn2c(C)c1CCC(=O)N1C[C@@H](C)[C@@H](N(C)C)C1. The zero-order valence-electron chi connectivity index (χ0n) is 15.7. The maximum absolute atomic E-state index is 12.7. The molecule has 1 saturated heterocycles. The minimum absolute atomic E-state index is 0.202. The Morgan fingerprint density at radius 1 is 1.28 bits per heavy atom. The summed E-state index contributed by atoms with van der Waals surface area (Å²) in [6.45, 7) is 7.75. The number of likely N-dealkylation sites (N-methyl/N-ethyl adjacent to an activating group) is 1. The highest BCUT2D eigenvalue weighted by Crippen LogP contribution is 2.22. The first-order valence-corrected chi connectivity index (χ1v) is 8.70. The molecule has 3 rings (SSSR count). The Balaban J connectivity index is 1.71. The van der Waals surface area contributed by atoms with Gasteiger partial charge in [-0.1, -0.05) is 6.92 Å². The van der Waals surface area contributed by atoms with Crippen molar-refractivity contribution in [2.45, 2.75) is 39.7 Å². The first kappa shape index (κ1) is 17.6. The van der Waals surface area contributed by atoms with Crippen LogP contribution in [-0.2, 0) is 11.2 Å². The van der Waals surface area contributed by atoms with E-state index in [9.17, 15) is 4.79 Å². The van der Waals surface area contributed by atoms with E-state index in [0.29, 0.717) is 30.6 Å². The molecule has 1 aliphatic rings. The quantitative estimate of drug-likeness (QED) is 0.875. The number of likely N-dealkylation sites (tertiary alicyclic amines) is 1. The van der Waals surface area contributed by atoms with Crippen LogP contribution in [0.15, 0.2) is 0 Å². The summed E-state index contributed by atoms with van der Waals surface area (Å²) in [4.78, 5) is 25.4. The number of nitrogens with two attached hydrogens (primary N) is 1. The maximum atomic E-state index is 12.7. The molecule has 0 unspecified atom stereocenters. The summed E-state index contributed by atoms with van der Waals surface area (Å²) in [5, 5.41) is 4.18. The summed E-state index contributed by atoms with van der Waals surface area (Å²) in [6.07, 6.45) is 1.13. The fourth-order valence-corrected chi connectivity index (χ4v) is 3.80. The molecule has 136 valence electrons. The first-order valence-electron chi connectivity index (χ1n) is 8.70. The predicted molar refractivity (Wildman–Crippen MR) is 96.2 cm³/mol. The lowest BCUT2D eigenvalue weighted by Gasteiger charge is -2.22. The monoisotopic (exact) mass is 345 g/mol. The molecule has 8 heteroatoms. The molecule has 25 heavy (non-hydrogen) atoms. The highest BCUT2D eigenvalue weighted by molar-refractivity contribution is 5.77. The van der Waals surface area contributed by atoms with Crippen LogP contribution >= 0.6 is 0 Å². The number of hydrogen-bond donors (Lipinski definition) is 1. The number of rotatable bonds is 4.